The van der Waals surface area contributed by atoms with Gasteiger partial charge in [0.05, 0.1) is 11.4 Å². The van der Waals surface area contributed by atoms with E-state index in [-0.39, 0.29) is 5.56 Å². The van der Waals surface area contributed by atoms with E-state index in [1.807, 2.05) is 0 Å². The monoisotopic (exact) mass is 278 g/mol. The van der Waals surface area contributed by atoms with Crippen LogP contribution in [-0.4, -0.2) is 17.4 Å². The number of hydrogen-bond donors (Lipinski definition) is 0. The Bertz CT molecular complexity index is 392. The number of benzene rings is 1. The maximum atomic E-state index is 13.1. The average Bonchev–Trinajstić information content (AvgIpc) is 2.19. The molecule has 1 aromatic carbocycles. The van der Waals surface area contributed by atoms with Crippen LogP contribution in [0.1, 0.15) is 10.4 Å². The van der Waals surface area contributed by atoms with Gasteiger partial charge in [0.1, 0.15) is 5.82 Å². The second kappa shape index (κ2) is 4.66. The Hall–Kier alpha value is -0.740. The van der Waals surface area contributed by atoms with Gasteiger partial charge in [0.25, 0.3) is 0 Å². The van der Waals surface area contributed by atoms with E-state index in [1.54, 1.807) is 0 Å². The second-order valence-corrected chi connectivity index (χ2v) is 3.69. The van der Waals surface area contributed by atoms with Gasteiger partial charge in [-0.1, -0.05) is 15.9 Å². The van der Waals surface area contributed by atoms with Crippen LogP contribution in [0.3, 0.4) is 0 Å². The molecule has 74 valence electrons. The molecule has 0 aliphatic rings. The Morgan fingerprint density at radius 3 is 2.64 bits per heavy atom. The van der Waals surface area contributed by atoms with Gasteiger partial charge in [0.2, 0.25) is 11.6 Å². The topological polar surface area (TPSA) is 34.1 Å². The van der Waals surface area contributed by atoms with Gasteiger partial charge in [-0.2, -0.15) is 0 Å². The molecule has 0 amide bonds. The van der Waals surface area contributed by atoms with E-state index in [9.17, 15) is 14.0 Å². The van der Waals surface area contributed by atoms with Gasteiger partial charge >= 0.3 is 0 Å². The van der Waals surface area contributed by atoms with Crippen molar-refractivity contribution in [3.8, 4) is 0 Å². The van der Waals surface area contributed by atoms with Gasteiger partial charge in [-0.05, 0) is 18.2 Å². The molecule has 1 aromatic rings. The molecule has 1 rings (SSSR count). The van der Waals surface area contributed by atoms with Crippen molar-refractivity contribution in [2.45, 2.75) is 0 Å². The molecule has 0 atom stereocenters. The van der Waals surface area contributed by atoms with Crippen LogP contribution in [0.4, 0.5) is 4.39 Å². The van der Waals surface area contributed by atoms with E-state index >= 15 is 0 Å². The molecule has 5 heteroatoms. The average molecular weight is 279 g/mol. The number of halogens is 3. The van der Waals surface area contributed by atoms with E-state index in [0.29, 0.717) is 4.47 Å². The summed E-state index contributed by atoms with van der Waals surface area (Å²) in [4.78, 5) is 22.2. The lowest BCUT2D eigenvalue weighted by atomic mass is 10.1. The lowest BCUT2D eigenvalue weighted by molar-refractivity contribution is -0.112. The number of ketones is 2. The van der Waals surface area contributed by atoms with Crippen LogP contribution in [0.5, 0.6) is 0 Å². The van der Waals surface area contributed by atoms with Crippen LogP contribution < -0.4 is 0 Å². The highest BCUT2D eigenvalue weighted by Gasteiger charge is 2.18. The number of hydrogen-bond acceptors (Lipinski definition) is 2. The lowest BCUT2D eigenvalue weighted by Crippen LogP contribution is -2.16. The normalized spacial score (nSPS) is 9.93. The molecule has 0 unspecified atom stereocenters. The molecule has 0 fully saturated rings. The Morgan fingerprint density at radius 1 is 1.43 bits per heavy atom. The molecule has 0 aromatic heterocycles. The van der Waals surface area contributed by atoms with Crippen LogP contribution in [0, 0.1) is 5.82 Å². The van der Waals surface area contributed by atoms with Gasteiger partial charge in [-0.3, -0.25) is 9.59 Å². The number of rotatable bonds is 3. The number of carbonyl (C=O) groups excluding carboxylic acids is 2. The van der Waals surface area contributed by atoms with E-state index in [0.717, 1.165) is 6.07 Å². The van der Waals surface area contributed by atoms with Crippen LogP contribution in [0.25, 0.3) is 0 Å². The number of alkyl halides is 1. The fourth-order valence-corrected chi connectivity index (χ4v) is 1.36. The predicted octanol–water partition coefficient (Wildman–Crippen LogP) is 2.58. The Kier molecular flexibility index (Phi) is 3.77. The minimum absolute atomic E-state index is 0.259. The van der Waals surface area contributed by atoms with E-state index in [4.69, 9.17) is 11.6 Å². The molecular weight excluding hydrogens is 274 g/mol. The van der Waals surface area contributed by atoms with Gasteiger partial charge < -0.3 is 0 Å². The Labute approximate surface area is 93.2 Å². The van der Waals surface area contributed by atoms with Crippen LogP contribution in [0.15, 0.2) is 22.7 Å². The Balaban J connectivity index is 3.12. The lowest BCUT2D eigenvalue weighted by Gasteiger charge is -2.00. The predicted molar refractivity (Wildman–Crippen MR) is 54.2 cm³/mol. The highest BCUT2D eigenvalue weighted by Crippen LogP contribution is 2.16. The third-order valence-corrected chi connectivity index (χ3v) is 2.28. The molecule has 14 heavy (non-hydrogen) atoms. The summed E-state index contributed by atoms with van der Waals surface area (Å²) in [5, 5.41) is 0. The first-order valence-electron chi connectivity index (χ1n) is 3.65. The minimum atomic E-state index is -0.904. The largest absolute Gasteiger partial charge is 0.289 e. The number of Topliss-reactive ketones (excluding diaryl/α,β-unsaturated/α-hetero) is 2. The van der Waals surface area contributed by atoms with Crippen molar-refractivity contribution in [2.24, 2.45) is 0 Å². The van der Waals surface area contributed by atoms with Crippen molar-refractivity contribution < 1.29 is 14.0 Å². The van der Waals surface area contributed by atoms with Crippen LogP contribution >= 0.6 is 27.5 Å². The summed E-state index contributed by atoms with van der Waals surface area (Å²) in [5.41, 5.74) is -0.259. The molecule has 0 radical (unpaired) electrons. The third-order valence-electron chi connectivity index (χ3n) is 1.55. The summed E-state index contributed by atoms with van der Waals surface area (Å²) < 4.78 is 13.6. The summed E-state index contributed by atoms with van der Waals surface area (Å²) in [6, 6.07) is 3.80. The van der Waals surface area contributed by atoms with Crippen molar-refractivity contribution in [3.63, 3.8) is 0 Å². The number of carbonyl (C=O) groups is 2. The van der Waals surface area contributed by atoms with Crippen molar-refractivity contribution in [1.82, 2.24) is 0 Å². The maximum Gasteiger partial charge on any atom is 0.232 e. The van der Waals surface area contributed by atoms with Crippen molar-refractivity contribution >= 4 is 39.1 Å². The van der Waals surface area contributed by atoms with E-state index in [1.165, 1.54) is 12.1 Å². The first-order valence-corrected chi connectivity index (χ1v) is 4.97. The molecule has 0 spiro atoms. The molecule has 0 aliphatic heterocycles. The SMILES string of the molecule is O=C(CCl)C(=O)c1cc(Br)ccc1F. The minimum Gasteiger partial charge on any atom is -0.289 e. The van der Waals surface area contributed by atoms with Crippen LogP contribution in [-0.2, 0) is 4.79 Å². The van der Waals surface area contributed by atoms with Gasteiger partial charge in [-0.25, -0.2) is 4.39 Å². The van der Waals surface area contributed by atoms with Gasteiger partial charge in [0.15, 0.2) is 0 Å². The summed E-state index contributed by atoms with van der Waals surface area (Å²) in [6.45, 7) is 0. The van der Waals surface area contributed by atoms with Gasteiger partial charge in [0, 0.05) is 4.47 Å². The molecular formula is C9H5BrClFO2. The zero-order valence-corrected chi connectivity index (χ0v) is 9.23. The quantitative estimate of drug-likeness (QED) is 0.484. The molecule has 0 saturated heterocycles. The smallest absolute Gasteiger partial charge is 0.232 e. The highest BCUT2D eigenvalue weighted by molar-refractivity contribution is 9.10. The standard InChI is InChI=1S/C9H5BrClFO2/c10-5-1-2-7(12)6(3-5)9(14)8(13)4-11/h1-3H,4H2. The first-order chi connectivity index (χ1) is 6.56. The summed E-state index contributed by atoms with van der Waals surface area (Å²) in [6.07, 6.45) is 0. The van der Waals surface area contributed by atoms with Crippen molar-refractivity contribution in [1.29, 1.82) is 0 Å². The van der Waals surface area contributed by atoms with Gasteiger partial charge in [-0.15, -0.1) is 11.6 Å². The summed E-state index contributed by atoms with van der Waals surface area (Å²) in [5.74, 6) is -2.88. The fraction of sp³-hybridized carbons (Fsp3) is 0.111. The second-order valence-electron chi connectivity index (χ2n) is 2.51. The van der Waals surface area contributed by atoms with E-state index in [2.05, 4.69) is 15.9 Å². The van der Waals surface area contributed by atoms with Crippen molar-refractivity contribution in [2.75, 3.05) is 5.88 Å². The first kappa shape index (κ1) is 11.3. The zero-order chi connectivity index (χ0) is 10.7. The summed E-state index contributed by atoms with van der Waals surface area (Å²) >= 11 is 8.26. The summed E-state index contributed by atoms with van der Waals surface area (Å²) in [7, 11) is 0. The third kappa shape index (κ3) is 2.39. The van der Waals surface area contributed by atoms with E-state index < -0.39 is 23.3 Å². The van der Waals surface area contributed by atoms with Crippen molar-refractivity contribution in [3.05, 3.63) is 34.1 Å². The maximum absolute atomic E-state index is 13.1. The molecule has 0 heterocycles. The molecule has 2 nitrogen and oxygen atoms in total. The zero-order valence-electron chi connectivity index (χ0n) is 6.89. The molecule has 0 aliphatic carbocycles. The highest BCUT2D eigenvalue weighted by atomic mass is 79.9. The van der Waals surface area contributed by atoms with Crippen LogP contribution in [0.2, 0.25) is 0 Å². The molecule has 0 N–H and O–H groups in total. The fourth-order valence-electron chi connectivity index (χ4n) is 0.882. The molecule has 0 bridgehead atoms. The Morgan fingerprint density at radius 2 is 2.07 bits per heavy atom. The molecule has 0 saturated carbocycles.